The first kappa shape index (κ1) is 11.9. The predicted molar refractivity (Wildman–Crippen MR) is 50.7 cm³/mol. The number of rotatable bonds is 6. The maximum atomic E-state index is 11.1. The molecule has 0 rings (SSSR count). The fourth-order valence-electron chi connectivity index (χ4n) is 1.04. The minimum Gasteiger partial charge on any atom is -0.355 e. The van der Waals surface area contributed by atoms with Crippen molar-refractivity contribution < 1.29 is 4.79 Å². The van der Waals surface area contributed by atoms with Crippen LogP contribution < -0.4 is 11.1 Å². The molecule has 1 atom stereocenters. The standard InChI is InChI=1S/C9H17N3O/c1-2-4-8(11)7-9(13)12-6-3-5-10/h8H,2-4,6-7,11H2,1H3,(H,12,13). The van der Waals surface area contributed by atoms with Crippen molar-refractivity contribution >= 4 is 5.91 Å². The second kappa shape index (κ2) is 7.56. The van der Waals surface area contributed by atoms with Gasteiger partial charge < -0.3 is 11.1 Å². The lowest BCUT2D eigenvalue weighted by Gasteiger charge is -2.09. The second-order valence-electron chi connectivity index (χ2n) is 3.01. The Hall–Kier alpha value is -1.08. The number of carbonyl (C=O) groups is 1. The molecule has 0 spiro atoms. The molecule has 0 bridgehead atoms. The fraction of sp³-hybridized carbons (Fsp3) is 0.778. The summed E-state index contributed by atoms with van der Waals surface area (Å²) in [6.45, 7) is 2.46. The summed E-state index contributed by atoms with van der Waals surface area (Å²) in [5.74, 6) is -0.0591. The SMILES string of the molecule is CCCC(N)CC(=O)NCCC#N. The van der Waals surface area contributed by atoms with Gasteiger partial charge in [0.05, 0.1) is 12.5 Å². The molecular formula is C9H17N3O. The number of hydrogen-bond donors (Lipinski definition) is 2. The van der Waals surface area contributed by atoms with Gasteiger partial charge in [0.15, 0.2) is 0 Å². The van der Waals surface area contributed by atoms with E-state index in [0.29, 0.717) is 19.4 Å². The average Bonchev–Trinajstić information content (AvgIpc) is 2.05. The van der Waals surface area contributed by atoms with Gasteiger partial charge in [0, 0.05) is 19.0 Å². The summed E-state index contributed by atoms with van der Waals surface area (Å²) in [5, 5.41) is 10.9. The van der Waals surface area contributed by atoms with Crippen LogP contribution in [-0.2, 0) is 4.79 Å². The highest BCUT2D eigenvalue weighted by Crippen LogP contribution is 1.97. The third-order valence-corrected chi connectivity index (χ3v) is 1.67. The van der Waals surface area contributed by atoms with Gasteiger partial charge in [0.25, 0.3) is 0 Å². The van der Waals surface area contributed by atoms with Crippen molar-refractivity contribution in [2.75, 3.05) is 6.54 Å². The van der Waals surface area contributed by atoms with Crippen molar-refractivity contribution in [3.05, 3.63) is 0 Å². The normalized spacial score (nSPS) is 11.8. The van der Waals surface area contributed by atoms with Crippen molar-refractivity contribution in [1.82, 2.24) is 5.32 Å². The summed E-state index contributed by atoms with van der Waals surface area (Å²) in [6, 6.07) is 1.91. The van der Waals surface area contributed by atoms with Crippen molar-refractivity contribution in [2.45, 2.75) is 38.6 Å². The van der Waals surface area contributed by atoms with E-state index in [2.05, 4.69) is 5.32 Å². The van der Waals surface area contributed by atoms with Crippen LogP contribution in [0.2, 0.25) is 0 Å². The van der Waals surface area contributed by atoms with E-state index in [4.69, 9.17) is 11.0 Å². The van der Waals surface area contributed by atoms with Crippen LogP contribution in [0.4, 0.5) is 0 Å². The molecule has 0 aromatic rings. The molecule has 0 aliphatic heterocycles. The third kappa shape index (κ3) is 7.29. The van der Waals surface area contributed by atoms with Gasteiger partial charge in [-0.2, -0.15) is 5.26 Å². The molecule has 0 aromatic heterocycles. The van der Waals surface area contributed by atoms with Gasteiger partial charge >= 0.3 is 0 Å². The highest BCUT2D eigenvalue weighted by molar-refractivity contribution is 5.76. The molecule has 13 heavy (non-hydrogen) atoms. The van der Waals surface area contributed by atoms with Crippen LogP contribution in [0.5, 0.6) is 0 Å². The van der Waals surface area contributed by atoms with E-state index in [0.717, 1.165) is 12.8 Å². The smallest absolute Gasteiger partial charge is 0.221 e. The maximum absolute atomic E-state index is 11.1. The number of hydrogen-bond acceptors (Lipinski definition) is 3. The zero-order chi connectivity index (χ0) is 10.1. The van der Waals surface area contributed by atoms with Gasteiger partial charge in [-0.15, -0.1) is 0 Å². The van der Waals surface area contributed by atoms with Gasteiger partial charge in [-0.25, -0.2) is 0 Å². The first-order chi connectivity index (χ1) is 6.20. The molecule has 0 fully saturated rings. The molecule has 1 amide bonds. The van der Waals surface area contributed by atoms with Gasteiger partial charge in [-0.05, 0) is 6.42 Å². The minimum atomic E-state index is -0.0591. The summed E-state index contributed by atoms with van der Waals surface area (Å²) in [6.07, 6.45) is 2.58. The molecular weight excluding hydrogens is 166 g/mol. The topological polar surface area (TPSA) is 78.9 Å². The first-order valence-electron chi connectivity index (χ1n) is 4.60. The molecule has 0 aromatic carbocycles. The number of nitrogens with two attached hydrogens (primary N) is 1. The van der Waals surface area contributed by atoms with Crippen LogP contribution in [-0.4, -0.2) is 18.5 Å². The lowest BCUT2D eigenvalue weighted by Crippen LogP contribution is -2.32. The summed E-state index contributed by atoms with van der Waals surface area (Å²) in [7, 11) is 0. The Labute approximate surface area is 79.1 Å². The molecule has 0 heterocycles. The Balaban J connectivity index is 3.45. The third-order valence-electron chi connectivity index (χ3n) is 1.67. The summed E-state index contributed by atoms with van der Waals surface area (Å²) >= 11 is 0. The summed E-state index contributed by atoms with van der Waals surface area (Å²) in [4.78, 5) is 11.1. The zero-order valence-electron chi connectivity index (χ0n) is 8.05. The van der Waals surface area contributed by atoms with Crippen molar-refractivity contribution in [1.29, 1.82) is 5.26 Å². The summed E-state index contributed by atoms with van der Waals surface area (Å²) in [5.41, 5.74) is 5.66. The molecule has 0 aliphatic rings. The van der Waals surface area contributed by atoms with Crippen LogP contribution in [0.25, 0.3) is 0 Å². The average molecular weight is 183 g/mol. The fourth-order valence-corrected chi connectivity index (χ4v) is 1.04. The van der Waals surface area contributed by atoms with Crippen molar-refractivity contribution in [3.8, 4) is 6.07 Å². The predicted octanol–water partition coefficient (Wildman–Crippen LogP) is 0.534. The molecule has 3 N–H and O–H groups in total. The number of carbonyl (C=O) groups excluding carboxylic acids is 1. The largest absolute Gasteiger partial charge is 0.355 e. The van der Waals surface area contributed by atoms with Gasteiger partial charge in [-0.1, -0.05) is 13.3 Å². The number of nitrogens with zero attached hydrogens (tertiary/aromatic N) is 1. The lowest BCUT2D eigenvalue weighted by atomic mass is 10.1. The number of nitrogens with one attached hydrogen (secondary N) is 1. The highest BCUT2D eigenvalue weighted by Gasteiger charge is 2.07. The molecule has 0 saturated heterocycles. The summed E-state index contributed by atoms with van der Waals surface area (Å²) < 4.78 is 0. The van der Waals surface area contributed by atoms with E-state index in [1.807, 2.05) is 13.0 Å². The van der Waals surface area contributed by atoms with Gasteiger partial charge in [-0.3, -0.25) is 4.79 Å². The maximum Gasteiger partial charge on any atom is 0.221 e. The van der Waals surface area contributed by atoms with Crippen LogP contribution in [0, 0.1) is 11.3 Å². The van der Waals surface area contributed by atoms with E-state index in [-0.39, 0.29) is 11.9 Å². The minimum absolute atomic E-state index is 0.0490. The lowest BCUT2D eigenvalue weighted by molar-refractivity contribution is -0.121. The zero-order valence-corrected chi connectivity index (χ0v) is 8.05. The van der Waals surface area contributed by atoms with Crippen LogP contribution in [0.15, 0.2) is 0 Å². The van der Waals surface area contributed by atoms with Crippen LogP contribution in [0.3, 0.4) is 0 Å². The van der Waals surface area contributed by atoms with Gasteiger partial charge in [0.2, 0.25) is 5.91 Å². The number of nitriles is 1. The number of amides is 1. The molecule has 4 heteroatoms. The van der Waals surface area contributed by atoms with Crippen molar-refractivity contribution in [3.63, 3.8) is 0 Å². The molecule has 0 saturated carbocycles. The molecule has 0 aliphatic carbocycles. The monoisotopic (exact) mass is 183 g/mol. The van der Waals surface area contributed by atoms with Crippen LogP contribution >= 0.6 is 0 Å². The quantitative estimate of drug-likeness (QED) is 0.590. The first-order valence-corrected chi connectivity index (χ1v) is 4.60. The highest BCUT2D eigenvalue weighted by atomic mass is 16.1. The van der Waals surface area contributed by atoms with E-state index >= 15 is 0 Å². The van der Waals surface area contributed by atoms with E-state index in [1.165, 1.54) is 0 Å². The van der Waals surface area contributed by atoms with Gasteiger partial charge in [0.1, 0.15) is 0 Å². The van der Waals surface area contributed by atoms with Crippen molar-refractivity contribution in [2.24, 2.45) is 5.73 Å². The molecule has 0 radical (unpaired) electrons. The Bertz CT molecular complexity index is 186. The molecule has 74 valence electrons. The Morgan fingerprint density at radius 2 is 2.38 bits per heavy atom. The Kier molecular flexibility index (Phi) is 6.93. The van der Waals surface area contributed by atoms with Crippen LogP contribution in [0.1, 0.15) is 32.6 Å². The van der Waals surface area contributed by atoms with E-state index < -0.39 is 0 Å². The Morgan fingerprint density at radius 3 is 2.92 bits per heavy atom. The second-order valence-corrected chi connectivity index (χ2v) is 3.01. The van der Waals surface area contributed by atoms with E-state index in [9.17, 15) is 4.79 Å². The Morgan fingerprint density at radius 1 is 1.69 bits per heavy atom. The molecule has 1 unspecified atom stereocenters. The molecule has 4 nitrogen and oxygen atoms in total. The van der Waals surface area contributed by atoms with E-state index in [1.54, 1.807) is 0 Å².